The van der Waals surface area contributed by atoms with Crippen molar-refractivity contribution in [2.24, 2.45) is 0 Å². The summed E-state index contributed by atoms with van der Waals surface area (Å²) < 4.78 is 0. The van der Waals surface area contributed by atoms with Gasteiger partial charge in [-0.05, 0) is 25.0 Å². The highest BCUT2D eigenvalue weighted by atomic mass is 16.2. The largest absolute Gasteiger partial charge is 0.341 e. The number of imidazole rings is 1. The average Bonchev–Trinajstić information content (AvgIpc) is 3.26. The van der Waals surface area contributed by atoms with Crippen molar-refractivity contribution in [1.82, 2.24) is 24.8 Å². The van der Waals surface area contributed by atoms with Gasteiger partial charge in [-0.3, -0.25) is 9.59 Å². The Balaban J connectivity index is 1.74. The highest BCUT2D eigenvalue weighted by Crippen LogP contribution is 2.30. The van der Waals surface area contributed by atoms with Crippen LogP contribution in [0.15, 0.2) is 41.6 Å². The molecule has 1 atom stereocenters. The minimum Gasteiger partial charge on any atom is -0.341 e. The van der Waals surface area contributed by atoms with Crippen molar-refractivity contribution in [2.45, 2.75) is 18.9 Å². The standard InChI is InChI=1S/C16H15N5O2/c22-15-10-4-1-2-5-11(10)19-14(20-15)13-6-3-7-21(13)16(23)12-8-17-9-18-12/h1-2,4-5,8-9,13H,3,6-7H2,(H,17,18)(H,19,20,22). The first-order valence-corrected chi connectivity index (χ1v) is 7.52. The first-order valence-electron chi connectivity index (χ1n) is 7.52. The van der Waals surface area contributed by atoms with Gasteiger partial charge in [0, 0.05) is 6.54 Å². The molecule has 0 bridgehead atoms. The highest BCUT2D eigenvalue weighted by Gasteiger charge is 2.33. The van der Waals surface area contributed by atoms with Crippen molar-refractivity contribution >= 4 is 16.8 Å². The molecule has 1 amide bonds. The van der Waals surface area contributed by atoms with Crippen LogP contribution in [-0.2, 0) is 0 Å². The van der Waals surface area contributed by atoms with Crippen molar-refractivity contribution in [3.05, 3.63) is 58.7 Å². The number of nitrogens with zero attached hydrogens (tertiary/aromatic N) is 3. The Labute approximate surface area is 131 Å². The van der Waals surface area contributed by atoms with E-state index in [1.54, 1.807) is 11.0 Å². The Kier molecular flexibility index (Phi) is 3.18. The second-order valence-electron chi connectivity index (χ2n) is 5.59. The van der Waals surface area contributed by atoms with Crippen LogP contribution in [0.2, 0.25) is 0 Å². The van der Waals surface area contributed by atoms with Crippen molar-refractivity contribution in [3.63, 3.8) is 0 Å². The second-order valence-corrected chi connectivity index (χ2v) is 5.59. The number of para-hydroxylation sites is 1. The number of hydrogen-bond donors (Lipinski definition) is 2. The summed E-state index contributed by atoms with van der Waals surface area (Å²) >= 11 is 0. The lowest BCUT2D eigenvalue weighted by Gasteiger charge is -2.23. The van der Waals surface area contributed by atoms with Gasteiger partial charge < -0.3 is 14.9 Å². The number of nitrogens with one attached hydrogen (secondary N) is 2. The molecule has 1 fully saturated rings. The van der Waals surface area contributed by atoms with E-state index in [9.17, 15) is 9.59 Å². The molecule has 1 unspecified atom stereocenters. The molecule has 0 radical (unpaired) electrons. The molecule has 1 saturated heterocycles. The molecular weight excluding hydrogens is 294 g/mol. The van der Waals surface area contributed by atoms with Gasteiger partial charge in [0.2, 0.25) is 0 Å². The van der Waals surface area contributed by atoms with Crippen molar-refractivity contribution in [3.8, 4) is 0 Å². The number of fused-ring (bicyclic) bond motifs is 1. The number of carbonyl (C=O) groups is 1. The van der Waals surface area contributed by atoms with Gasteiger partial charge in [0.1, 0.15) is 11.5 Å². The SMILES string of the molecule is O=C(c1cnc[nH]1)N1CCCC1c1nc2ccccc2c(=O)[nH]1. The Morgan fingerprint density at radius 2 is 2.17 bits per heavy atom. The molecule has 7 nitrogen and oxygen atoms in total. The number of aromatic amines is 2. The maximum absolute atomic E-state index is 12.6. The fraction of sp³-hybridized carbons (Fsp3) is 0.250. The summed E-state index contributed by atoms with van der Waals surface area (Å²) in [4.78, 5) is 40.7. The minimum absolute atomic E-state index is 0.124. The summed E-state index contributed by atoms with van der Waals surface area (Å²) in [5, 5.41) is 0.556. The van der Waals surface area contributed by atoms with Crippen LogP contribution in [-0.4, -0.2) is 37.3 Å². The zero-order valence-electron chi connectivity index (χ0n) is 12.3. The number of benzene rings is 1. The van der Waals surface area contributed by atoms with E-state index in [2.05, 4.69) is 19.9 Å². The molecule has 0 aliphatic carbocycles. The van der Waals surface area contributed by atoms with E-state index in [1.165, 1.54) is 12.5 Å². The van der Waals surface area contributed by atoms with Crippen molar-refractivity contribution in [1.29, 1.82) is 0 Å². The lowest BCUT2D eigenvalue weighted by Crippen LogP contribution is -2.32. The molecule has 23 heavy (non-hydrogen) atoms. The number of carbonyl (C=O) groups excluding carboxylic acids is 1. The molecule has 2 N–H and O–H groups in total. The number of likely N-dealkylation sites (tertiary alicyclic amines) is 1. The van der Waals surface area contributed by atoms with Gasteiger partial charge in [0.25, 0.3) is 11.5 Å². The molecule has 116 valence electrons. The Bertz CT molecular complexity index is 916. The zero-order valence-corrected chi connectivity index (χ0v) is 12.3. The number of hydrogen-bond acceptors (Lipinski definition) is 4. The van der Waals surface area contributed by atoms with Crippen LogP contribution < -0.4 is 5.56 Å². The van der Waals surface area contributed by atoms with Crippen LogP contribution in [0.4, 0.5) is 0 Å². The molecule has 0 saturated carbocycles. The smallest absolute Gasteiger partial charge is 0.272 e. The lowest BCUT2D eigenvalue weighted by atomic mass is 10.2. The molecule has 3 heterocycles. The average molecular weight is 309 g/mol. The first kappa shape index (κ1) is 13.7. The van der Waals surface area contributed by atoms with Crippen LogP contribution in [0.3, 0.4) is 0 Å². The van der Waals surface area contributed by atoms with Crippen molar-refractivity contribution < 1.29 is 4.79 Å². The summed E-state index contributed by atoms with van der Waals surface area (Å²) in [7, 11) is 0. The van der Waals surface area contributed by atoms with Gasteiger partial charge in [-0.25, -0.2) is 9.97 Å². The summed E-state index contributed by atoms with van der Waals surface area (Å²) in [5.74, 6) is 0.417. The van der Waals surface area contributed by atoms with Gasteiger partial charge in [0.05, 0.1) is 29.5 Å². The number of rotatable bonds is 2. The van der Waals surface area contributed by atoms with E-state index in [0.29, 0.717) is 29.0 Å². The molecule has 1 aliphatic heterocycles. The van der Waals surface area contributed by atoms with Crippen LogP contribution >= 0.6 is 0 Å². The van der Waals surface area contributed by atoms with Crippen molar-refractivity contribution in [2.75, 3.05) is 6.54 Å². The normalized spacial score (nSPS) is 17.7. The summed E-state index contributed by atoms with van der Waals surface area (Å²) in [6, 6.07) is 6.99. The monoisotopic (exact) mass is 309 g/mol. The van der Waals surface area contributed by atoms with E-state index in [-0.39, 0.29) is 17.5 Å². The van der Waals surface area contributed by atoms with E-state index in [1.807, 2.05) is 18.2 Å². The third-order valence-electron chi connectivity index (χ3n) is 4.19. The Morgan fingerprint density at radius 3 is 3.00 bits per heavy atom. The summed E-state index contributed by atoms with van der Waals surface area (Å²) in [6.45, 7) is 0.638. The summed E-state index contributed by atoms with van der Waals surface area (Å²) in [6.07, 6.45) is 4.64. The van der Waals surface area contributed by atoms with E-state index >= 15 is 0 Å². The zero-order chi connectivity index (χ0) is 15.8. The van der Waals surface area contributed by atoms with Gasteiger partial charge in [0.15, 0.2) is 0 Å². The highest BCUT2D eigenvalue weighted by molar-refractivity contribution is 5.92. The van der Waals surface area contributed by atoms with Crippen LogP contribution in [0.25, 0.3) is 10.9 Å². The third kappa shape index (κ3) is 2.30. The fourth-order valence-corrected chi connectivity index (χ4v) is 3.08. The maximum Gasteiger partial charge on any atom is 0.272 e. The third-order valence-corrected chi connectivity index (χ3v) is 4.19. The fourth-order valence-electron chi connectivity index (χ4n) is 3.08. The number of aromatic nitrogens is 4. The van der Waals surface area contributed by atoms with Gasteiger partial charge in [-0.1, -0.05) is 12.1 Å². The molecule has 2 aromatic heterocycles. The van der Waals surface area contributed by atoms with Gasteiger partial charge in [-0.15, -0.1) is 0 Å². The predicted octanol–water partition coefficient (Wildman–Crippen LogP) is 1.62. The maximum atomic E-state index is 12.6. The quantitative estimate of drug-likeness (QED) is 0.752. The predicted molar refractivity (Wildman–Crippen MR) is 84.0 cm³/mol. The van der Waals surface area contributed by atoms with Gasteiger partial charge in [-0.2, -0.15) is 0 Å². The van der Waals surface area contributed by atoms with E-state index in [0.717, 1.165) is 12.8 Å². The second kappa shape index (κ2) is 5.35. The minimum atomic E-state index is -0.219. The van der Waals surface area contributed by atoms with Crippen LogP contribution in [0.1, 0.15) is 35.2 Å². The summed E-state index contributed by atoms with van der Waals surface area (Å²) in [5.41, 5.74) is 0.915. The lowest BCUT2D eigenvalue weighted by molar-refractivity contribution is 0.0724. The number of amides is 1. The van der Waals surface area contributed by atoms with Crippen LogP contribution in [0.5, 0.6) is 0 Å². The molecular formula is C16H15N5O2. The molecule has 1 aromatic carbocycles. The van der Waals surface area contributed by atoms with Crippen LogP contribution in [0, 0.1) is 0 Å². The molecule has 3 aromatic rings. The Hall–Kier alpha value is -2.96. The molecule has 1 aliphatic rings. The number of H-pyrrole nitrogens is 2. The van der Waals surface area contributed by atoms with E-state index in [4.69, 9.17) is 0 Å². The van der Waals surface area contributed by atoms with Gasteiger partial charge >= 0.3 is 0 Å². The Morgan fingerprint density at radius 1 is 1.30 bits per heavy atom. The topological polar surface area (TPSA) is 94.7 Å². The first-order chi connectivity index (χ1) is 11.2. The van der Waals surface area contributed by atoms with E-state index < -0.39 is 0 Å². The molecule has 7 heteroatoms. The molecule has 4 rings (SSSR count). The molecule has 0 spiro atoms.